The molecule has 0 bridgehead atoms. The van der Waals surface area contributed by atoms with Crippen molar-refractivity contribution in [3.05, 3.63) is 73.3 Å². The molecular formula is C20H19NO4S. The fraction of sp³-hybridized carbons (Fsp3) is 0.100. The average Bonchev–Trinajstić information content (AvgIpc) is 2.65. The van der Waals surface area contributed by atoms with E-state index in [4.69, 9.17) is 9.47 Å². The predicted octanol–water partition coefficient (Wildman–Crippen LogP) is 4.21. The van der Waals surface area contributed by atoms with Crippen molar-refractivity contribution in [2.75, 3.05) is 18.4 Å². The number of fused-ring (bicyclic) bond motifs is 1. The van der Waals surface area contributed by atoms with Crippen LogP contribution in [0.25, 0.3) is 10.8 Å². The molecule has 0 amide bonds. The molecule has 3 rings (SSSR count). The largest absolute Gasteiger partial charge is 0.497 e. The van der Waals surface area contributed by atoms with Gasteiger partial charge in [0.25, 0.3) is 10.0 Å². The molecule has 6 heteroatoms. The third-order valence-electron chi connectivity index (χ3n) is 3.78. The smallest absolute Gasteiger partial charge is 0.261 e. The summed E-state index contributed by atoms with van der Waals surface area (Å²) in [6.07, 6.45) is 1.63. The van der Waals surface area contributed by atoms with Crippen LogP contribution in [0.5, 0.6) is 11.5 Å². The van der Waals surface area contributed by atoms with Crippen LogP contribution in [-0.2, 0) is 10.0 Å². The summed E-state index contributed by atoms with van der Waals surface area (Å²) in [6, 6.07) is 17.2. The second-order valence-corrected chi connectivity index (χ2v) is 7.29. The van der Waals surface area contributed by atoms with Crippen LogP contribution in [-0.4, -0.2) is 22.1 Å². The van der Waals surface area contributed by atoms with E-state index in [2.05, 4.69) is 11.3 Å². The van der Waals surface area contributed by atoms with Gasteiger partial charge in [-0.3, -0.25) is 4.72 Å². The third-order valence-corrected chi connectivity index (χ3v) is 5.16. The van der Waals surface area contributed by atoms with Crippen LogP contribution in [0.15, 0.2) is 78.2 Å². The minimum Gasteiger partial charge on any atom is -0.497 e. The van der Waals surface area contributed by atoms with Crippen molar-refractivity contribution in [2.45, 2.75) is 4.90 Å². The lowest BCUT2D eigenvalue weighted by atomic mass is 10.1. The van der Waals surface area contributed by atoms with Gasteiger partial charge < -0.3 is 9.47 Å². The summed E-state index contributed by atoms with van der Waals surface area (Å²) in [5.41, 5.74) is 0.432. The van der Waals surface area contributed by atoms with Crippen LogP contribution < -0.4 is 14.2 Å². The monoisotopic (exact) mass is 369 g/mol. The molecule has 0 spiro atoms. The van der Waals surface area contributed by atoms with E-state index >= 15 is 0 Å². The van der Waals surface area contributed by atoms with Gasteiger partial charge >= 0.3 is 0 Å². The molecule has 3 aromatic rings. The molecule has 1 N–H and O–H groups in total. The normalized spacial score (nSPS) is 11.1. The summed E-state index contributed by atoms with van der Waals surface area (Å²) in [7, 11) is -2.12. The highest BCUT2D eigenvalue weighted by Crippen LogP contribution is 2.25. The van der Waals surface area contributed by atoms with Crippen molar-refractivity contribution < 1.29 is 17.9 Å². The minimum atomic E-state index is -3.71. The van der Waals surface area contributed by atoms with Crippen molar-refractivity contribution in [3.8, 4) is 11.5 Å². The van der Waals surface area contributed by atoms with Crippen LogP contribution in [0, 0.1) is 0 Å². The Labute approximate surface area is 152 Å². The number of rotatable bonds is 7. The van der Waals surface area contributed by atoms with Crippen molar-refractivity contribution in [2.24, 2.45) is 0 Å². The Bertz CT molecular complexity index is 1040. The Balaban J connectivity index is 1.88. The summed E-state index contributed by atoms with van der Waals surface area (Å²) in [5.74, 6) is 1.29. The van der Waals surface area contributed by atoms with Gasteiger partial charge in [-0.15, -0.1) is 0 Å². The van der Waals surface area contributed by atoms with E-state index in [9.17, 15) is 8.42 Å². The van der Waals surface area contributed by atoms with Crippen molar-refractivity contribution in [3.63, 3.8) is 0 Å². The Hall–Kier alpha value is -2.99. The van der Waals surface area contributed by atoms with Crippen LogP contribution in [0.1, 0.15) is 0 Å². The number of sulfonamides is 1. The maximum Gasteiger partial charge on any atom is 0.261 e. The highest BCUT2D eigenvalue weighted by atomic mass is 32.2. The second kappa shape index (κ2) is 7.49. The quantitative estimate of drug-likeness (QED) is 0.634. The maximum atomic E-state index is 12.7. The Morgan fingerprint density at radius 3 is 2.54 bits per heavy atom. The molecule has 0 aliphatic carbocycles. The molecule has 0 radical (unpaired) electrons. The molecule has 0 atom stereocenters. The fourth-order valence-electron chi connectivity index (χ4n) is 2.51. The molecule has 0 fully saturated rings. The van der Waals surface area contributed by atoms with Crippen LogP contribution >= 0.6 is 0 Å². The highest BCUT2D eigenvalue weighted by molar-refractivity contribution is 7.92. The molecule has 0 saturated heterocycles. The van der Waals surface area contributed by atoms with Gasteiger partial charge in [-0.2, -0.15) is 0 Å². The van der Waals surface area contributed by atoms with Gasteiger partial charge in [0.1, 0.15) is 18.1 Å². The van der Waals surface area contributed by atoms with Crippen molar-refractivity contribution >= 4 is 26.5 Å². The van der Waals surface area contributed by atoms with E-state index in [-0.39, 0.29) is 4.90 Å². The summed E-state index contributed by atoms with van der Waals surface area (Å²) < 4.78 is 38.6. The summed E-state index contributed by atoms with van der Waals surface area (Å²) in [5, 5.41) is 1.72. The molecule has 0 saturated carbocycles. The summed E-state index contributed by atoms with van der Waals surface area (Å²) in [6.45, 7) is 3.94. The number of ether oxygens (including phenoxy) is 2. The maximum absolute atomic E-state index is 12.7. The Kier molecular flexibility index (Phi) is 5.14. The first-order valence-electron chi connectivity index (χ1n) is 7.96. The first-order valence-corrected chi connectivity index (χ1v) is 9.44. The molecule has 0 heterocycles. The molecule has 0 aliphatic rings. The zero-order valence-corrected chi connectivity index (χ0v) is 15.1. The van der Waals surface area contributed by atoms with Crippen molar-refractivity contribution in [1.82, 2.24) is 0 Å². The van der Waals surface area contributed by atoms with Crippen LogP contribution in [0.3, 0.4) is 0 Å². The lowest BCUT2D eigenvalue weighted by Crippen LogP contribution is -2.13. The highest BCUT2D eigenvalue weighted by Gasteiger charge is 2.15. The zero-order valence-electron chi connectivity index (χ0n) is 14.3. The first-order chi connectivity index (χ1) is 12.5. The number of anilines is 1. The van der Waals surface area contributed by atoms with E-state index in [1.54, 1.807) is 61.7 Å². The van der Waals surface area contributed by atoms with E-state index in [1.165, 1.54) is 0 Å². The minimum absolute atomic E-state index is 0.188. The summed E-state index contributed by atoms with van der Waals surface area (Å²) in [4.78, 5) is 0.188. The topological polar surface area (TPSA) is 64.6 Å². The Morgan fingerprint density at radius 2 is 1.77 bits per heavy atom. The fourth-order valence-corrected chi connectivity index (χ4v) is 3.60. The van der Waals surface area contributed by atoms with E-state index < -0.39 is 10.0 Å². The molecule has 3 aromatic carbocycles. The van der Waals surface area contributed by atoms with Gasteiger partial charge in [0.15, 0.2) is 0 Å². The number of benzene rings is 3. The van der Waals surface area contributed by atoms with Gasteiger partial charge in [0.2, 0.25) is 0 Å². The van der Waals surface area contributed by atoms with Crippen LogP contribution in [0.4, 0.5) is 5.69 Å². The molecule has 0 aromatic heterocycles. The lowest BCUT2D eigenvalue weighted by Gasteiger charge is -2.11. The van der Waals surface area contributed by atoms with E-state index in [0.717, 1.165) is 16.5 Å². The number of methoxy groups -OCH3 is 1. The zero-order chi connectivity index (χ0) is 18.6. The van der Waals surface area contributed by atoms with Gasteiger partial charge in [-0.05, 0) is 47.2 Å². The average molecular weight is 369 g/mol. The standard InChI is InChI=1S/C20H19NO4S/c1-3-11-25-19-6-4-5-17(14-19)21-26(22,23)20-10-8-15-12-18(24-2)9-7-16(15)13-20/h3-10,12-14,21H,1,11H2,2H3. The van der Waals surface area contributed by atoms with E-state index in [0.29, 0.717) is 18.0 Å². The molecule has 0 aliphatic heterocycles. The second-order valence-electron chi connectivity index (χ2n) is 5.61. The molecule has 134 valence electrons. The molecule has 0 unspecified atom stereocenters. The number of nitrogens with one attached hydrogen (secondary N) is 1. The first kappa shape index (κ1) is 17.8. The van der Waals surface area contributed by atoms with Gasteiger partial charge in [0, 0.05) is 6.07 Å². The van der Waals surface area contributed by atoms with Gasteiger partial charge in [-0.25, -0.2) is 8.42 Å². The summed E-state index contributed by atoms with van der Waals surface area (Å²) >= 11 is 0. The number of hydrogen-bond donors (Lipinski definition) is 1. The van der Waals surface area contributed by atoms with Gasteiger partial charge in [-0.1, -0.05) is 30.9 Å². The van der Waals surface area contributed by atoms with Gasteiger partial charge in [0.05, 0.1) is 17.7 Å². The Morgan fingerprint density at radius 1 is 1.00 bits per heavy atom. The molecule has 5 nitrogen and oxygen atoms in total. The van der Waals surface area contributed by atoms with E-state index in [1.807, 2.05) is 12.1 Å². The molecule has 26 heavy (non-hydrogen) atoms. The van der Waals surface area contributed by atoms with Crippen molar-refractivity contribution in [1.29, 1.82) is 0 Å². The predicted molar refractivity (Wildman–Crippen MR) is 103 cm³/mol. The third kappa shape index (κ3) is 3.97. The SMILES string of the molecule is C=CCOc1cccc(NS(=O)(=O)c2ccc3cc(OC)ccc3c2)c1. The number of hydrogen-bond acceptors (Lipinski definition) is 4. The van der Waals surface area contributed by atoms with Crippen LogP contribution in [0.2, 0.25) is 0 Å². The molecular weight excluding hydrogens is 350 g/mol. The lowest BCUT2D eigenvalue weighted by molar-refractivity contribution is 0.363.